The average molecular weight is 709 g/mol. The summed E-state index contributed by atoms with van der Waals surface area (Å²) in [5.74, 6) is 2.05. The van der Waals surface area contributed by atoms with Crippen molar-refractivity contribution in [2.75, 3.05) is 9.62 Å². The summed E-state index contributed by atoms with van der Waals surface area (Å²) in [6.45, 7) is -0.168. The van der Waals surface area contributed by atoms with Crippen LogP contribution in [0.3, 0.4) is 0 Å². The van der Waals surface area contributed by atoms with Crippen molar-refractivity contribution in [2.45, 2.75) is 0 Å². The Balaban J connectivity index is 0.00000302. The molecule has 0 radical (unpaired) electrons. The predicted molar refractivity (Wildman–Crippen MR) is 161 cm³/mol. The molecule has 7 rings (SSSR count). The van der Waals surface area contributed by atoms with Gasteiger partial charge in [-0.25, -0.2) is 4.98 Å². The Labute approximate surface area is 254 Å². The molecule has 4 aromatic carbocycles. The van der Waals surface area contributed by atoms with Gasteiger partial charge in [0.1, 0.15) is 5.82 Å². The van der Waals surface area contributed by atoms with Crippen molar-refractivity contribution in [3.8, 4) is 22.8 Å². The fraction of sp³-hybridized carbons (Fsp3) is 0. The van der Waals surface area contributed by atoms with Crippen molar-refractivity contribution >= 4 is 35.3 Å². The minimum atomic E-state index is -0.168. The van der Waals surface area contributed by atoms with Gasteiger partial charge < -0.3 is 19.3 Å². The molecule has 5 nitrogen and oxygen atoms in total. The number of aromatic nitrogens is 2. The first-order chi connectivity index (χ1) is 19.8. The normalized spacial score (nSPS) is 12.0. The van der Waals surface area contributed by atoms with Gasteiger partial charge in [-0.1, -0.05) is 72.4 Å². The van der Waals surface area contributed by atoms with Gasteiger partial charge in [-0.05, 0) is 41.5 Å². The van der Waals surface area contributed by atoms with Crippen LogP contribution in [0.25, 0.3) is 11.3 Å². The van der Waals surface area contributed by atoms with Crippen LogP contribution in [0.4, 0.5) is 22.9 Å². The van der Waals surface area contributed by atoms with Gasteiger partial charge in [0.2, 0.25) is 0 Å². The van der Waals surface area contributed by atoms with Crippen molar-refractivity contribution in [1.82, 2.24) is 9.97 Å². The summed E-state index contributed by atoms with van der Waals surface area (Å²) in [7, 11) is 0. The number of hydrogen-bond acceptors (Lipinski definition) is 5. The number of rotatable bonds is 6. The van der Waals surface area contributed by atoms with E-state index in [2.05, 4.69) is 81.3 Å². The molecule has 41 heavy (non-hydrogen) atoms. The van der Waals surface area contributed by atoms with Crippen LogP contribution in [0.5, 0.6) is 11.5 Å². The molecule has 0 aliphatic carbocycles. The van der Waals surface area contributed by atoms with Crippen LogP contribution >= 0.6 is 0 Å². The zero-order valence-electron chi connectivity index (χ0n) is 21.9. The van der Waals surface area contributed by atoms with Gasteiger partial charge in [0.15, 0.2) is 0 Å². The number of hydrogen-bond donors (Lipinski definition) is 0. The van der Waals surface area contributed by atoms with E-state index in [1.807, 2.05) is 79.0 Å². The molecule has 6 aromatic rings. The molecule has 0 spiro atoms. The third-order valence-electron chi connectivity index (χ3n) is 6.82. The van der Waals surface area contributed by atoms with Gasteiger partial charge >= 0.3 is 28.0 Å². The smallest absolute Gasteiger partial charge is 0.503 e. The summed E-state index contributed by atoms with van der Waals surface area (Å²) in [4.78, 5) is 13.8. The van der Waals surface area contributed by atoms with Gasteiger partial charge in [0, 0.05) is 29.6 Å². The van der Waals surface area contributed by atoms with Gasteiger partial charge in [0.25, 0.3) is 0 Å². The Morgan fingerprint density at radius 1 is 0.585 bits per heavy atom. The number of para-hydroxylation sites is 1. The molecule has 198 valence electrons. The largest absolute Gasteiger partial charge is 2.00 e. The molecular formula is C34H23BN4OPt. The predicted octanol–water partition coefficient (Wildman–Crippen LogP) is 7.22. The summed E-state index contributed by atoms with van der Waals surface area (Å²) in [5.41, 5.74) is 5.82. The van der Waals surface area contributed by atoms with Gasteiger partial charge in [-0.2, -0.15) is 6.07 Å². The van der Waals surface area contributed by atoms with Crippen molar-refractivity contribution < 1.29 is 25.8 Å². The molecule has 0 amide bonds. The molecule has 0 atom stereocenters. The molecule has 2 aromatic heterocycles. The molecule has 0 fully saturated rings. The van der Waals surface area contributed by atoms with E-state index >= 15 is 0 Å². The van der Waals surface area contributed by atoms with E-state index in [-0.39, 0.29) is 28.0 Å². The minimum Gasteiger partial charge on any atom is -0.503 e. The maximum atomic E-state index is 6.28. The van der Waals surface area contributed by atoms with Crippen LogP contribution in [-0.4, -0.2) is 17.0 Å². The van der Waals surface area contributed by atoms with Crippen LogP contribution in [0.2, 0.25) is 0 Å². The van der Waals surface area contributed by atoms with Crippen molar-refractivity contribution in [3.05, 3.63) is 152 Å². The Hall–Kier alpha value is -4.67. The molecule has 0 bridgehead atoms. The van der Waals surface area contributed by atoms with Crippen LogP contribution in [0.1, 0.15) is 0 Å². The third kappa shape index (κ3) is 5.27. The second-order valence-electron chi connectivity index (χ2n) is 9.35. The number of nitrogens with zero attached hydrogens (tertiary/aromatic N) is 4. The van der Waals surface area contributed by atoms with Crippen molar-refractivity contribution in [3.63, 3.8) is 0 Å². The van der Waals surface area contributed by atoms with E-state index in [1.54, 1.807) is 6.20 Å². The van der Waals surface area contributed by atoms with Crippen LogP contribution < -0.4 is 19.8 Å². The van der Waals surface area contributed by atoms with Crippen LogP contribution in [0.15, 0.2) is 140 Å². The van der Waals surface area contributed by atoms with E-state index in [9.17, 15) is 0 Å². The maximum absolute atomic E-state index is 6.28. The third-order valence-corrected chi connectivity index (χ3v) is 6.82. The average Bonchev–Trinajstić information content (AvgIpc) is 3.38. The second-order valence-corrected chi connectivity index (χ2v) is 9.35. The summed E-state index contributed by atoms with van der Waals surface area (Å²) < 4.78 is 6.28. The van der Waals surface area contributed by atoms with E-state index in [4.69, 9.17) is 9.72 Å². The summed E-state index contributed by atoms with van der Waals surface area (Å²) in [6, 6.07) is 49.4. The summed E-state index contributed by atoms with van der Waals surface area (Å²) >= 11 is 0. The first kappa shape index (κ1) is 26.6. The molecule has 3 heterocycles. The SMILES string of the molecule is [Pt+2].[c-]1c(Oc2[c-]c(N3B(c4ccccc4)N(c4ccccc4)c4cccnc43)ccc2)cccc1-c1ccccn1. The quantitative estimate of drug-likeness (QED) is 0.135. The zero-order chi connectivity index (χ0) is 26.7. The molecule has 1 aliphatic heterocycles. The topological polar surface area (TPSA) is 41.5 Å². The van der Waals surface area contributed by atoms with E-state index in [1.165, 1.54) is 0 Å². The molecule has 0 unspecified atom stereocenters. The van der Waals surface area contributed by atoms with E-state index in [0.29, 0.717) is 11.5 Å². The fourth-order valence-electron chi connectivity index (χ4n) is 5.10. The van der Waals surface area contributed by atoms with Crippen molar-refractivity contribution in [1.29, 1.82) is 0 Å². The standard InChI is InChI=1S/C34H23BN4O.Pt/c1-3-13-27(14-4-1)35-38(28-15-5-2-6-16-28)33-21-11-23-37-34(33)39(35)29-17-10-19-31(25-29)40-30-18-9-12-26(24-30)32-20-7-8-22-36-32;/h1-23H;/q-2;+2. The van der Waals surface area contributed by atoms with Crippen molar-refractivity contribution in [2.24, 2.45) is 0 Å². The van der Waals surface area contributed by atoms with E-state index < -0.39 is 0 Å². The molecule has 0 N–H and O–H groups in total. The Morgan fingerprint density at radius 3 is 2.07 bits per heavy atom. The molecule has 0 saturated heterocycles. The first-order valence-corrected chi connectivity index (χ1v) is 13.1. The Kier molecular flexibility index (Phi) is 7.66. The number of ether oxygens (including phenoxy) is 1. The Morgan fingerprint density at radius 2 is 1.29 bits per heavy atom. The molecule has 1 aliphatic rings. The van der Waals surface area contributed by atoms with Crippen LogP contribution in [-0.2, 0) is 21.1 Å². The fourth-order valence-corrected chi connectivity index (χ4v) is 5.10. The molecule has 7 heteroatoms. The first-order valence-electron chi connectivity index (χ1n) is 13.1. The maximum Gasteiger partial charge on any atom is 2.00 e. The number of pyridine rings is 2. The monoisotopic (exact) mass is 709 g/mol. The minimum absolute atomic E-state index is 0. The number of fused-ring (bicyclic) bond motifs is 1. The summed E-state index contributed by atoms with van der Waals surface area (Å²) in [6.07, 6.45) is 3.61. The zero-order valence-corrected chi connectivity index (χ0v) is 24.1. The molecular weight excluding hydrogens is 686 g/mol. The van der Waals surface area contributed by atoms with Gasteiger partial charge in [0.05, 0.1) is 5.69 Å². The number of benzene rings is 4. The summed E-state index contributed by atoms with van der Waals surface area (Å²) in [5, 5.41) is 0. The Bertz CT molecular complexity index is 1760. The second kappa shape index (κ2) is 11.8. The van der Waals surface area contributed by atoms with Gasteiger partial charge in [-0.3, -0.25) is 0 Å². The van der Waals surface area contributed by atoms with Gasteiger partial charge in [-0.15, -0.1) is 42.0 Å². The molecule has 0 saturated carbocycles. The van der Waals surface area contributed by atoms with Crippen LogP contribution in [0, 0.1) is 12.1 Å². The van der Waals surface area contributed by atoms with E-state index in [0.717, 1.165) is 39.6 Å². The number of anilines is 4.